The van der Waals surface area contributed by atoms with Gasteiger partial charge >= 0.3 is 0 Å². The highest BCUT2D eigenvalue weighted by Crippen LogP contribution is 2.36. The van der Waals surface area contributed by atoms with Crippen LogP contribution in [0.15, 0.2) is 42.6 Å². The molecular weight excluding hydrogens is 486 g/mol. The van der Waals surface area contributed by atoms with E-state index in [1.165, 1.54) is 11.3 Å². The van der Waals surface area contributed by atoms with Crippen LogP contribution in [0.25, 0.3) is 21.3 Å². The molecule has 1 saturated heterocycles. The van der Waals surface area contributed by atoms with Crippen molar-refractivity contribution in [3.8, 4) is 5.75 Å². The Hall–Kier alpha value is -2.85. The number of morpholine rings is 1. The van der Waals surface area contributed by atoms with Crippen LogP contribution in [0.3, 0.4) is 0 Å². The van der Waals surface area contributed by atoms with Gasteiger partial charge in [-0.05, 0) is 37.1 Å². The van der Waals surface area contributed by atoms with Gasteiger partial charge in [0, 0.05) is 26.2 Å². The molecule has 8 nitrogen and oxygen atoms in total. The molecule has 1 amide bonds. The van der Waals surface area contributed by atoms with Crippen molar-refractivity contribution in [2.45, 2.75) is 13.3 Å². The van der Waals surface area contributed by atoms with Crippen LogP contribution in [0.4, 0.5) is 5.13 Å². The van der Waals surface area contributed by atoms with Crippen LogP contribution < -0.4 is 9.64 Å². The lowest BCUT2D eigenvalue weighted by atomic mass is 10.2. The summed E-state index contributed by atoms with van der Waals surface area (Å²) in [7, 11) is 1.64. The molecule has 1 aliphatic heterocycles. The fourth-order valence-corrected chi connectivity index (χ4v) is 5.21. The van der Waals surface area contributed by atoms with E-state index in [4.69, 9.17) is 14.5 Å². The summed E-state index contributed by atoms with van der Waals surface area (Å²) in [6, 6.07) is 11.5. The number of fused-ring (bicyclic) bond motifs is 2. The van der Waals surface area contributed by atoms with Crippen molar-refractivity contribution < 1.29 is 14.3 Å². The van der Waals surface area contributed by atoms with Crippen molar-refractivity contribution >= 4 is 56.0 Å². The summed E-state index contributed by atoms with van der Waals surface area (Å²) >= 11 is 1.51. The first-order valence-corrected chi connectivity index (χ1v) is 12.2. The lowest BCUT2D eigenvalue weighted by Crippen LogP contribution is -2.39. The number of ether oxygens (including phenoxy) is 2. The van der Waals surface area contributed by atoms with Gasteiger partial charge in [-0.2, -0.15) is 0 Å². The van der Waals surface area contributed by atoms with E-state index in [-0.39, 0.29) is 18.3 Å². The number of aryl methyl sites for hydroxylation is 1. The number of carbonyl (C=O) groups is 1. The minimum atomic E-state index is -0.198. The molecule has 0 radical (unpaired) electrons. The van der Waals surface area contributed by atoms with Gasteiger partial charge in [-0.25, -0.2) is 9.97 Å². The Morgan fingerprint density at radius 2 is 1.91 bits per heavy atom. The maximum atomic E-state index is 13.7. The Morgan fingerprint density at radius 1 is 1.14 bits per heavy atom. The highest BCUT2D eigenvalue weighted by Gasteiger charge is 2.24. The lowest BCUT2D eigenvalue weighted by molar-refractivity contribution is 0.0376. The Labute approximate surface area is 214 Å². The molecule has 4 aromatic rings. The predicted molar refractivity (Wildman–Crippen MR) is 141 cm³/mol. The third kappa shape index (κ3) is 5.38. The highest BCUT2D eigenvalue weighted by atomic mass is 35.5. The zero-order valence-electron chi connectivity index (χ0n) is 19.8. The SMILES string of the molecule is COc1ccc(C)c2sc(N(CCCN3CCOCC3)C(=O)c3cnc4ccccc4n3)nc12.Cl. The topological polar surface area (TPSA) is 80.7 Å². The standard InChI is InChI=1S/C25H27N5O3S.ClH/c1-17-8-9-21(32-2)22-23(17)34-25(28-22)30(11-5-10-29-12-14-33-15-13-29)24(31)20-16-26-18-6-3-4-7-19(18)27-20;/h3-4,6-9,16H,5,10-15H2,1-2H3;1H. The molecule has 3 heterocycles. The maximum Gasteiger partial charge on any atom is 0.280 e. The number of thiazole rings is 1. The summed E-state index contributed by atoms with van der Waals surface area (Å²) in [5.74, 6) is 0.505. The minimum absolute atomic E-state index is 0. The normalized spacial score (nSPS) is 14.1. The minimum Gasteiger partial charge on any atom is -0.494 e. The molecule has 0 N–H and O–H groups in total. The average molecular weight is 514 g/mol. The van der Waals surface area contributed by atoms with Crippen LogP contribution in [0, 0.1) is 6.92 Å². The van der Waals surface area contributed by atoms with Gasteiger partial charge in [-0.3, -0.25) is 19.6 Å². The molecule has 0 spiro atoms. The highest BCUT2D eigenvalue weighted by molar-refractivity contribution is 7.22. The van der Waals surface area contributed by atoms with Crippen molar-refractivity contribution in [3.05, 3.63) is 53.9 Å². The largest absolute Gasteiger partial charge is 0.494 e. The van der Waals surface area contributed by atoms with Gasteiger partial charge in [0.1, 0.15) is 17.0 Å². The third-order valence-electron chi connectivity index (χ3n) is 6.02. The molecule has 10 heteroatoms. The fourth-order valence-electron chi connectivity index (χ4n) is 4.14. The van der Waals surface area contributed by atoms with E-state index in [1.807, 2.05) is 43.3 Å². The summed E-state index contributed by atoms with van der Waals surface area (Å²) in [4.78, 5) is 31.7. The number of amides is 1. The van der Waals surface area contributed by atoms with E-state index >= 15 is 0 Å². The second-order valence-electron chi connectivity index (χ2n) is 8.27. The first-order chi connectivity index (χ1) is 16.6. The van der Waals surface area contributed by atoms with E-state index in [0.29, 0.717) is 28.6 Å². The number of nitrogens with zero attached hydrogens (tertiary/aromatic N) is 5. The number of benzene rings is 2. The van der Waals surface area contributed by atoms with Crippen molar-refractivity contribution in [3.63, 3.8) is 0 Å². The van der Waals surface area contributed by atoms with E-state index in [0.717, 1.165) is 60.6 Å². The van der Waals surface area contributed by atoms with Gasteiger partial charge < -0.3 is 9.47 Å². The second kappa shape index (κ2) is 11.3. The lowest BCUT2D eigenvalue weighted by Gasteiger charge is -2.27. The maximum absolute atomic E-state index is 13.7. The number of halogens is 1. The molecule has 2 aromatic carbocycles. The first-order valence-electron chi connectivity index (χ1n) is 11.4. The predicted octanol–water partition coefficient (Wildman–Crippen LogP) is 4.35. The molecule has 1 fully saturated rings. The van der Waals surface area contributed by atoms with Crippen molar-refractivity contribution in [1.29, 1.82) is 0 Å². The zero-order valence-corrected chi connectivity index (χ0v) is 21.4. The molecule has 1 aliphatic rings. The summed E-state index contributed by atoms with van der Waals surface area (Å²) in [6.07, 6.45) is 2.37. The molecule has 0 atom stereocenters. The van der Waals surface area contributed by atoms with Gasteiger partial charge in [0.05, 0.1) is 42.3 Å². The summed E-state index contributed by atoms with van der Waals surface area (Å²) < 4.78 is 12.0. The van der Waals surface area contributed by atoms with Gasteiger partial charge in [0.2, 0.25) is 0 Å². The number of methoxy groups -OCH3 is 1. The first kappa shape index (κ1) is 25.2. The number of rotatable bonds is 7. The molecule has 5 rings (SSSR count). The van der Waals surface area contributed by atoms with Crippen molar-refractivity contribution in [1.82, 2.24) is 19.9 Å². The van der Waals surface area contributed by atoms with Crippen LogP contribution in [0.5, 0.6) is 5.75 Å². The summed E-state index contributed by atoms with van der Waals surface area (Å²) in [5.41, 5.74) is 3.65. The van der Waals surface area contributed by atoms with E-state index in [9.17, 15) is 4.79 Å². The number of anilines is 1. The fraction of sp³-hybridized carbons (Fsp3) is 0.360. The third-order valence-corrected chi connectivity index (χ3v) is 7.23. The van der Waals surface area contributed by atoms with Gasteiger partial charge in [0.25, 0.3) is 5.91 Å². The summed E-state index contributed by atoms with van der Waals surface area (Å²) in [5, 5.41) is 0.643. The Morgan fingerprint density at radius 3 is 2.69 bits per heavy atom. The van der Waals surface area contributed by atoms with Crippen LogP contribution in [0.1, 0.15) is 22.5 Å². The Balaban J connectivity index is 0.00000289. The number of aromatic nitrogens is 3. The molecule has 0 aliphatic carbocycles. The second-order valence-corrected chi connectivity index (χ2v) is 9.24. The zero-order chi connectivity index (χ0) is 23.5. The number of hydrogen-bond acceptors (Lipinski definition) is 8. The molecule has 35 heavy (non-hydrogen) atoms. The van der Waals surface area contributed by atoms with Crippen molar-refractivity contribution in [2.75, 3.05) is 51.4 Å². The number of para-hydroxylation sites is 2. The average Bonchev–Trinajstić information content (AvgIpc) is 3.33. The molecular formula is C25H28ClN5O3S. The Bertz CT molecular complexity index is 1330. The molecule has 0 saturated carbocycles. The quantitative estimate of drug-likeness (QED) is 0.363. The van der Waals surface area contributed by atoms with Gasteiger partial charge in [-0.15, -0.1) is 12.4 Å². The smallest absolute Gasteiger partial charge is 0.280 e. The van der Waals surface area contributed by atoms with Crippen LogP contribution in [0.2, 0.25) is 0 Å². The molecule has 184 valence electrons. The summed E-state index contributed by atoms with van der Waals surface area (Å²) in [6.45, 7) is 6.82. The molecule has 0 bridgehead atoms. The van der Waals surface area contributed by atoms with Crippen molar-refractivity contribution in [2.24, 2.45) is 0 Å². The molecule has 2 aromatic heterocycles. The number of hydrogen-bond donors (Lipinski definition) is 0. The molecule has 0 unspecified atom stereocenters. The van der Waals surface area contributed by atoms with E-state index in [1.54, 1.807) is 18.2 Å². The number of carbonyl (C=O) groups excluding carboxylic acids is 1. The van der Waals surface area contributed by atoms with Crippen LogP contribution in [-0.2, 0) is 4.74 Å². The van der Waals surface area contributed by atoms with Gasteiger partial charge in [0.15, 0.2) is 5.13 Å². The van der Waals surface area contributed by atoms with Crippen LogP contribution >= 0.6 is 23.7 Å². The monoisotopic (exact) mass is 513 g/mol. The van der Waals surface area contributed by atoms with E-state index in [2.05, 4.69) is 14.9 Å². The van der Waals surface area contributed by atoms with E-state index < -0.39 is 0 Å². The Kier molecular flexibility index (Phi) is 8.12. The van der Waals surface area contributed by atoms with Gasteiger partial charge in [-0.1, -0.05) is 29.5 Å². The van der Waals surface area contributed by atoms with Crippen LogP contribution in [-0.4, -0.2) is 72.3 Å².